The zero-order valence-electron chi connectivity index (χ0n) is 14.7. The van der Waals surface area contributed by atoms with Crippen molar-refractivity contribution in [3.63, 3.8) is 0 Å². The van der Waals surface area contributed by atoms with Gasteiger partial charge in [0.2, 0.25) is 0 Å². The third-order valence-corrected chi connectivity index (χ3v) is 5.57. The Hall–Kier alpha value is -1.92. The second-order valence-electron chi connectivity index (χ2n) is 7.40. The summed E-state index contributed by atoms with van der Waals surface area (Å²) < 4.78 is 5.40. The fourth-order valence-corrected chi connectivity index (χ4v) is 4.21. The number of carbonyl (C=O) groups excluding carboxylic acids is 2. The van der Waals surface area contributed by atoms with E-state index in [1.807, 2.05) is 19.9 Å². The molecule has 2 amide bonds. The van der Waals surface area contributed by atoms with Gasteiger partial charge in [0.1, 0.15) is 10.8 Å². The van der Waals surface area contributed by atoms with Gasteiger partial charge in [-0.2, -0.15) is 0 Å². The molecule has 0 unspecified atom stereocenters. The summed E-state index contributed by atoms with van der Waals surface area (Å²) in [7, 11) is 0. The molecule has 0 N–H and O–H groups in total. The first-order chi connectivity index (χ1) is 11.5. The number of hydrogen-bond donors (Lipinski definition) is 0. The van der Waals surface area contributed by atoms with Crippen LogP contribution in [0.1, 0.15) is 49.9 Å². The van der Waals surface area contributed by atoms with Crippen molar-refractivity contribution in [3.8, 4) is 10.4 Å². The molecule has 3 rings (SSSR count). The van der Waals surface area contributed by atoms with Gasteiger partial charge in [0.25, 0.3) is 5.91 Å². The number of ether oxygens (including phenoxy) is 1. The second-order valence-corrected chi connectivity index (χ2v) is 8.84. The van der Waals surface area contributed by atoms with Crippen LogP contribution >= 0.6 is 22.9 Å². The molecule has 0 aromatic carbocycles. The summed E-state index contributed by atoms with van der Waals surface area (Å²) in [6.45, 7) is 9.03. The van der Waals surface area contributed by atoms with Crippen LogP contribution in [-0.2, 0) is 10.3 Å². The molecular formula is C18H19ClN2O3S. The van der Waals surface area contributed by atoms with Crippen molar-refractivity contribution in [2.45, 2.75) is 45.8 Å². The molecule has 7 heteroatoms. The SMILES string of the molecule is CC(C)(C)OC(=O)N1C(=O)c2cc(-c3ccnc(Cl)c3)sc2C1(C)C. The zero-order valence-corrected chi connectivity index (χ0v) is 16.3. The van der Waals surface area contributed by atoms with E-state index in [4.69, 9.17) is 16.3 Å². The summed E-state index contributed by atoms with van der Waals surface area (Å²) >= 11 is 7.43. The van der Waals surface area contributed by atoms with Gasteiger partial charge >= 0.3 is 6.09 Å². The summed E-state index contributed by atoms with van der Waals surface area (Å²) in [5, 5.41) is 0.395. The summed E-state index contributed by atoms with van der Waals surface area (Å²) in [4.78, 5) is 32.3. The highest BCUT2D eigenvalue weighted by molar-refractivity contribution is 7.16. The molecule has 1 aliphatic rings. The van der Waals surface area contributed by atoms with Crippen LogP contribution in [0.4, 0.5) is 4.79 Å². The van der Waals surface area contributed by atoms with Crippen molar-refractivity contribution < 1.29 is 14.3 Å². The van der Waals surface area contributed by atoms with E-state index in [1.165, 1.54) is 16.2 Å². The van der Waals surface area contributed by atoms with E-state index in [0.29, 0.717) is 10.7 Å². The maximum atomic E-state index is 12.8. The van der Waals surface area contributed by atoms with Crippen LogP contribution in [0.2, 0.25) is 5.15 Å². The normalized spacial score (nSPS) is 16.1. The minimum absolute atomic E-state index is 0.336. The van der Waals surface area contributed by atoms with Crippen LogP contribution in [0.15, 0.2) is 24.4 Å². The lowest BCUT2D eigenvalue weighted by Crippen LogP contribution is -2.46. The van der Waals surface area contributed by atoms with E-state index < -0.39 is 17.2 Å². The number of halogens is 1. The van der Waals surface area contributed by atoms with Crippen molar-refractivity contribution >= 4 is 34.9 Å². The van der Waals surface area contributed by atoms with Gasteiger partial charge in [0.15, 0.2) is 0 Å². The van der Waals surface area contributed by atoms with Crippen LogP contribution in [0.5, 0.6) is 0 Å². The minimum atomic E-state index is -0.769. The number of amides is 2. The number of nitrogens with zero attached hydrogens (tertiary/aromatic N) is 2. The predicted molar refractivity (Wildman–Crippen MR) is 98.0 cm³/mol. The highest BCUT2D eigenvalue weighted by Crippen LogP contribution is 2.46. The number of pyridine rings is 1. The van der Waals surface area contributed by atoms with E-state index in [1.54, 1.807) is 39.1 Å². The molecule has 25 heavy (non-hydrogen) atoms. The van der Waals surface area contributed by atoms with Crippen molar-refractivity contribution in [1.29, 1.82) is 0 Å². The Bertz CT molecular complexity index is 867. The van der Waals surface area contributed by atoms with E-state index in [9.17, 15) is 9.59 Å². The first-order valence-electron chi connectivity index (χ1n) is 7.84. The van der Waals surface area contributed by atoms with E-state index >= 15 is 0 Å². The molecule has 1 aliphatic heterocycles. The largest absolute Gasteiger partial charge is 0.443 e. The molecule has 2 aromatic heterocycles. The molecule has 0 bridgehead atoms. The van der Waals surface area contributed by atoms with Gasteiger partial charge in [-0.1, -0.05) is 11.6 Å². The fourth-order valence-electron chi connectivity index (χ4n) is 2.80. The summed E-state index contributed by atoms with van der Waals surface area (Å²) in [5.41, 5.74) is -0.00714. The lowest BCUT2D eigenvalue weighted by Gasteiger charge is -2.32. The van der Waals surface area contributed by atoms with Crippen LogP contribution < -0.4 is 0 Å². The molecule has 0 aliphatic carbocycles. The van der Waals surface area contributed by atoms with Crippen molar-refractivity contribution in [1.82, 2.24) is 9.88 Å². The number of thiophene rings is 1. The lowest BCUT2D eigenvalue weighted by atomic mass is 10.0. The third kappa shape index (κ3) is 3.16. The number of rotatable bonds is 1. The van der Waals surface area contributed by atoms with Crippen LogP contribution in [0.3, 0.4) is 0 Å². The Balaban J connectivity index is 1.99. The maximum Gasteiger partial charge on any atom is 0.418 e. The van der Waals surface area contributed by atoms with Crippen molar-refractivity contribution in [2.24, 2.45) is 0 Å². The minimum Gasteiger partial charge on any atom is -0.443 e. The van der Waals surface area contributed by atoms with Gasteiger partial charge < -0.3 is 4.74 Å². The average molecular weight is 379 g/mol. The molecule has 0 saturated carbocycles. The smallest absolute Gasteiger partial charge is 0.418 e. The molecule has 0 saturated heterocycles. The number of hydrogen-bond acceptors (Lipinski definition) is 5. The Morgan fingerprint density at radius 1 is 1.32 bits per heavy atom. The Morgan fingerprint density at radius 3 is 2.56 bits per heavy atom. The van der Waals surface area contributed by atoms with Gasteiger partial charge in [-0.05, 0) is 58.4 Å². The number of imide groups is 1. The van der Waals surface area contributed by atoms with E-state index in [2.05, 4.69) is 4.98 Å². The highest BCUT2D eigenvalue weighted by Gasteiger charge is 2.49. The lowest BCUT2D eigenvalue weighted by molar-refractivity contribution is 0.00968. The molecular weight excluding hydrogens is 360 g/mol. The summed E-state index contributed by atoms with van der Waals surface area (Å²) in [6, 6.07) is 5.40. The molecule has 2 aromatic rings. The second kappa shape index (κ2) is 5.81. The van der Waals surface area contributed by atoms with Gasteiger partial charge in [0.05, 0.1) is 11.1 Å². The Kier molecular flexibility index (Phi) is 4.16. The molecule has 0 radical (unpaired) electrons. The first-order valence-corrected chi connectivity index (χ1v) is 9.04. The summed E-state index contributed by atoms with van der Waals surface area (Å²) in [5.74, 6) is -0.336. The van der Waals surface area contributed by atoms with E-state index in [-0.39, 0.29) is 5.91 Å². The standard InChI is InChI=1S/C18H19ClN2O3S/c1-17(2,3)24-16(23)21-15(22)11-9-12(25-14(11)18(21,4)5)10-6-7-20-13(19)8-10/h6-9H,1-5H3. The molecule has 132 valence electrons. The van der Waals surface area contributed by atoms with Crippen molar-refractivity contribution in [2.75, 3.05) is 0 Å². The van der Waals surface area contributed by atoms with Crippen molar-refractivity contribution in [3.05, 3.63) is 40.0 Å². The Morgan fingerprint density at radius 2 is 2.00 bits per heavy atom. The quantitative estimate of drug-likeness (QED) is 0.648. The number of fused-ring (bicyclic) bond motifs is 1. The first kappa shape index (κ1) is 17.9. The Labute approximate surface area is 155 Å². The molecule has 0 fully saturated rings. The van der Waals surface area contributed by atoms with E-state index in [0.717, 1.165) is 15.3 Å². The molecule has 3 heterocycles. The predicted octanol–water partition coefficient (Wildman–Crippen LogP) is 5.09. The number of aromatic nitrogens is 1. The maximum absolute atomic E-state index is 12.8. The molecule has 5 nitrogen and oxygen atoms in total. The van der Waals surface area contributed by atoms with Crippen LogP contribution in [0, 0.1) is 0 Å². The summed E-state index contributed by atoms with van der Waals surface area (Å²) in [6.07, 6.45) is 1.00. The highest BCUT2D eigenvalue weighted by atomic mass is 35.5. The van der Waals surface area contributed by atoms with Crippen LogP contribution in [-0.4, -0.2) is 27.5 Å². The zero-order chi connectivity index (χ0) is 18.6. The number of carbonyl (C=O) groups is 2. The fraction of sp³-hybridized carbons (Fsp3) is 0.389. The van der Waals surface area contributed by atoms with Gasteiger partial charge in [0, 0.05) is 16.0 Å². The third-order valence-electron chi connectivity index (χ3n) is 3.87. The van der Waals surface area contributed by atoms with Gasteiger partial charge in [-0.25, -0.2) is 14.7 Å². The topological polar surface area (TPSA) is 59.5 Å². The van der Waals surface area contributed by atoms with Crippen LogP contribution in [0.25, 0.3) is 10.4 Å². The van der Waals surface area contributed by atoms with Gasteiger partial charge in [-0.3, -0.25) is 4.79 Å². The average Bonchev–Trinajstić information content (AvgIpc) is 2.97. The molecule has 0 atom stereocenters. The van der Waals surface area contributed by atoms with Gasteiger partial charge in [-0.15, -0.1) is 11.3 Å². The monoisotopic (exact) mass is 378 g/mol. The molecule has 0 spiro atoms.